The predicted molar refractivity (Wildman–Crippen MR) is 128 cm³/mol. The van der Waals surface area contributed by atoms with E-state index in [1.54, 1.807) is 31.3 Å². The molecule has 1 aromatic heterocycles. The molecule has 0 bridgehead atoms. The van der Waals surface area contributed by atoms with Crippen molar-refractivity contribution in [1.29, 1.82) is 0 Å². The van der Waals surface area contributed by atoms with Gasteiger partial charge in [0.2, 0.25) is 21.7 Å². The summed E-state index contributed by atoms with van der Waals surface area (Å²) >= 11 is 3.41. The molecule has 2 aromatic carbocycles. The van der Waals surface area contributed by atoms with Crippen molar-refractivity contribution >= 4 is 37.5 Å². The Bertz CT molecular complexity index is 1210. The van der Waals surface area contributed by atoms with Gasteiger partial charge in [-0.15, -0.1) is 0 Å². The lowest BCUT2D eigenvalue weighted by molar-refractivity contribution is -0.138. The molecule has 9 nitrogen and oxygen atoms in total. The molecule has 0 fully saturated rings. The third-order valence-electron chi connectivity index (χ3n) is 4.92. The van der Waals surface area contributed by atoms with Crippen LogP contribution in [0.5, 0.6) is 5.75 Å². The van der Waals surface area contributed by atoms with Crippen molar-refractivity contribution in [3.8, 4) is 17.1 Å². The van der Waals surface area contributed by atoms with Gasteiger partial charge >= 0.3 is 0 Å². The first-order chi connectivity index (χ1) is 15.6. The van der Waals surface area contributed by atoms with Gasteiger partial charge in [-0.25, -0.2) is 8.42 Å². The lowest BCUT2D eigenvalue weighted by Crippen LogP contribution is -2.39. The number of halogens is 1. The minimum absolute atomic E-state index is 0.137. The maximum Gasteiger partial charge on any atom is 0.263 e. The first-order valence-electron chi connectivity index (χ1n) is 10.1. The number of nitrogens with zero attached hydrogens (tertiary/aromatic N) is 4. The number of carbonyl (C=O) groups excluding carboxylic acids is 1. The van der Waals surface area contributed by atoms with Gasteiger partial charge in [-0.1, -0.05) is 40.1 Å². The second-order valence-corrected chi connectivity index (χ2v) is 10.4. The summed E-state index contributed by atoms with van der Waals surface area (Å²) in [6.45, 7) is 1.98. The molecule has 0 unspecified atom stereocenters. The Morgan fingerprint density at radius 3 is 2.48 bits per heavy atom. The lowest BCUT2D eigenvalue weighted by atomic mass is 10.2. The average molecular weight is 537 g/mol. The molecule has 3 rings (SSSR count). The van der Waals surface area contributed by atoms with Gasteiger partial charge in [0.15, 0.2) is 6.10 Å². The minimum Gasteiger partial charge on any atom is -0.481 e. The van der Waals surface area contributed by atoms with E-state index in [0.29, 0.717) is 29.6 Å². The summed E-state index contributed by atoms with van der Waals surface area (Å²) in [4.78, 5) is 18.8. The minimum atomic E-state index is -3.36. The van der Waals surface area contributed by atoms with Crippen molar-refractivity contribution in [3.05, 3.63) is 58.9 Å². The topological polar surface area (TPSA) is 106 Å². The first-order valence-corrected chi connectivity index (χ1v) is 12.8. The van der Waals surface area contributed by atoms with Crippen molar-refractivity contribution < 1.29 is 22.5 Å². The number of benzene rings is 2. The Balaban J connectivity index is 1.64. The third kappa shape index (κ3) is 6.32. The number of aromatic nitrogens is 2. The molecule has 0 spiro atoms. The molecule has 0 aliphatic rings. The summed E-state index contributed by atoms with van der Waals surface area (Å²) in [7, 11) is -0.249. The number of sulfonamides is 1. The maximum absolute atomic E-state index is 12.9. The molecule has 3 aromatic rings. The van der Waals surface area contributed by atoms with Crippen LogP contribution in [0.25, 0.3) is 11.4 Å². The molecule has 0 saturated carbocycles. The summed E-state index contributed by atoms with van der Waals surface area (Å²) in [5, 5.41) is 3.99. The van der Waals surface area contributed by atoms with Gasteiger partial charge in [0.25, 0.3) is 5.91 Å². The Hall–Kier alpha value is -2.92. The van der Waals surface area contributed by atoms with E-state index in [2.05, 4.69) is 26.1 Å². The fourth-order valence-electron chi connectivity index (χ4n) is 2.99. The summed E-state index contributed by atoms with van der Waals surface area (Å²) in [6, 6.07) is 14.0. The van der Waals surface area contributed by atoms with Gasteiger partial charge in [-0.3, -0.25) is 9.10 Å². The van der Waals surface area contributed by atoms with Crippen molar-refractivity contribution in [2.24, 2.45) is 0 Å². The molecule has 176 valence electrons. The van der Waals surface area contributed by atoms with E-state index in [1.807, 2.05) is 31.2 Å². The molecule has 33 heavy (non-hydrogen) atoms. The van der Waals surface area contributed by atoms with Crippen LogP contribution < -0.4 is 9.04 Å². The summed E-state index contributed by atoms with van der Waals surface area (Å²) in [6.07, 6.45) is 0.854. The van der Waals surface area contributed by atoms with Crippen molar-refractivity contribution in [1.82, 2.24) is 15.0 Å². The van der Waals surface area contributed by atoms with Gasteiger partial charge < -0.3 is 14.2 Å². The fourth-order valence-corrected chi connectivity index (χ4v) is 3.89. The normalized spacial score (nSPS) is 12.3. The molecule has 11 heteroatoms. The van der Waals surface area contributed by atoms with Crippen LogP contribution in [0, 0.1) is 0 Å². The zero-order chi connectivity index (χ0) is 24.2. The Morgan fingerprint density at radius 2 is 1.88 bits per heavy atom. The SMILES string of the molecule is CC[C@H](Oc1ccc(N(C)S(C)(=O)=O)cc1)C(=O)N(C)Cc1nc(-c2cccc(Br)c2)no1. The van der Waals surface area contributed by atoms with Crippen molar-refractivity contribution in [3.63, 3.8) is 0 Å². The Morgan fingerprint density at radius 1 is 1.18 bits per heavy atom. The van der Waals surface area contributed by atoms with E-state index in [0.717, 1.165) is 16.3 Å². The molecule has 1 heterocycles. The largest absolute Gasteiger partial charge is 0.481 e. The van der Waals surface area contributed by atoms with Crippen LogP contribution in [0.1, 0.15) is 19.2 Å². The number of hydrogen-bond donors (Lipinski definition) is 0. The summed E-state index contributed by atoms with van der Waals surface area (Å²) < 4.78 is 36.6. The molecule has 0 saturated heterocycles. The summed E-state index contributed by atoms with van der Waals surface area (Å²) in [5.74, 6) is 0.972. The van der Waals surface area contributed by atoms with Crippen molar-refractivity contribution in [2.45, 2.75) is 26.0 Å². The van der Waals surface area contributed by atoms with Crippen LogP contribution in [-0.4, -0.2) is 55.8 Å². The zero-order valence-electron chi connectivity index (χ0n) is 18.7. The number of amides is 1. The standard InChI is InChI=1S/C22H25BrN4O5S/c1-5-19(31-18-11-9-17(10-12-18)27(3)33(4,29)30)22(28)26(2)14-20-24-21(25-32-20)15-7-6-8-16(23)13-15/h6-13,19H,5,14H2,1-4H3/t19-/m0/s1. The Kier molecular flexibility index (Phi) is 7.75. The molecular formula is C22H25BrN4O5S. The lowest BCUT2D eigenvalue weighted by Gasteiger charge is -2.23. The second-order valence-electron chi connectivity index (χ2n) is 7.46. The Labute approximate surface area is 201 Å². The predicted octanol–water partition coefficient (Wildman–Crippen LogP) is 3.71. The highest BCUT2D eigenvalue weighted by atomic mass is 79.9. The van der Waals surface area contributed by atoms with Gasteiger partial charge in [-0.05, 0) is 42.8 Å². The van der Waals surface area contributed by atoms with E-state index in [-0.39, 0.29) is 12.5 Å². The number of hydrogen-bond acceptors (Lipinski definition) is 7. The van der Waals surface area contributed by atoms with Crippen LogP contribution in [0.15, 0.2) is 57.5 Å². The number of carbonyl (C=O) groups is 1. The zero-order valence-corrected chi connectivity index (χ0v) is 21.1. The maximum atomic E-state index is 12.9. The molecule has 0 N–H and O–H groups in total. The van der Waals surface area contributed by atoms with E-state index in [4.69, 9.17) is 9.26 Å². The van der Waals surface area contributed by atoms with Crippen LogP contribution in [0.3, 0.4) is 0 Å². The van der Waals surface area contributed by atoms with Gasteiger partial charge in [0.05, 0.1) is 18.5 Å². The number of ether oxygens (including phenoxy) is 1. The van der Waals surface area contributed by atoms with Gasteiger partial charge in [0, 0.05) is 24.1 Å². The van der Waals surface area contributed by atoms with Crippen LogP contribution in [-0.2, 0) is 21.4 Å². The second kappa shape index (κ2) is 10.3. The quantitative estimate of drug-likeness (QED) is 0.410. The monoisotopic (exact) mass is 536 g/mol. The molecule has 1 amide bonds. The fraction of sp³-hybridized carbons (Fsp3) is 0.318. The highest BCUT2D eigenvalue weighted by Gasteiger charge is 2.24. The van der Waals surface area contributed by atoms with Crippen LogP contribution in [0.2, 0.25) is 0 Å². The van der Waals surface area contributed by atoms with E-state index < -0.39 is 16.1 Å². The highest BCUT2D eigenvalue weighted by molar-refractivity contribution is 9.10. The highest BCUT2D eigenvalue weighted by Crippen LogP contribution is 2.23. The number of rotatable bonds is 9. The average Bonchev–Trinajstić information content (AvgIpc) is 3.24. The van der Waals surface area contributed by atoms with E-state index in [1.165, 1.54) is 16.3 Å². The van der Waals surface area contributed by atoms with E-state index in [9.17, 15) is 13.2 Å². The molecule has 0 radical (unpaired) electrons. The number of anilines is 1. The third-order valence-corrected chi connectivity index (χ3v) is 6.62. The molecule has 1 atom stereocenters. The van der Waals surface area contributed by atoms with Crippen LogP contribution >= 0.6 is 15.9 Å². The molecular weight excluding hydrogens is 512 g/mol. The van der Waals surface area contributed by atoms with E-state index >= 15 is 0 Å². The number of likely N-dealkylation sites (N-methyl/N-ethyl adjacent to an activating group) is 1. The molecule has 0 aliphatic carbocycles. The smallest absolute Gasteiger partial charge is 0.263 e. The van der Waals surface area contributed by atoms with Gasteiger partial charge in [-0.2, -0.15) is 4.98 Å². The molecule has 0 aliphatic heterocycles. The summed E-state index contributed by atoms with van der Waals surface area (Å²) in [5.41, 5.74) is 1.30. The van der Waals surface area contributed by atoms with Crippen LogP contribution in [0.4, 0.5) is 5.69 Å². The van der Waals surface area contributed by atoms with Gasteiger partial charge in [0.1, 0.15) is 5.75 Å². The van der Waals surface area contributed by atoms with Crippen molar-refractivity contribution in [2.75, 3.05) is 24.7 Å². The first kappa shape index (κ1) is 24.7.